The lowest BCUT2D eigenvalue weighted by Crippen LogP contribution is -2.41. The Morgan fingerprint density at radius 2 is 1.83 bits per heavy atom. The van der Waals surface area contributed by atoms with Crippen LogP contribution in [-0.4, -0.2) is 16.6 Å². The lowest BCUT2D eigenvalue weighted by Gasteiger charge is -2.38. The fraction of sp³-hybridized carbons (Fsp3) is 0.238. The zero-order chi connectivity index (χ0) is 21.6. The van der Waals surface area contributed by atoms with Crippen LogP contribution in [0.4, 0.5) is 11.4 Å². The van der Waals surface area contributed by atoms with Crippen LogP contribution in [0.2, 0.25) is 15.1 Å². The van der Waals surface area contributed by atoms with Crippen LogP contribution in [0.15, 0.2) is 47.7 Å². The largest absolute Gasteiger partial charge is 0.294 e. The van der Waals surface area contributed by atoms with Gasteiger partial charge in [-0.1, -0.05) is 46.9 Å². The predicted molar refractivity (Wildman–Crippen MR) is 115 cm³/mol. The molecule has 1 amide bonds. The average molecular weight is 466 g/mol. The van der Waals surface area contributed by atoms with Gasteiger partial charge in [-0.3, -0.25) is 24.6 Å². The van der Waals surface area contributed by atoms with E-state index in [1.54, 1.807) is 18.2 Å². The van der Waals surface area contributed by atoms with E-state index in [0.29, 0.717) is 46.1 Å². The highest BCUT2D eigenvalue weighted by Crippen LogP contribution is 2.47. The molecule has 0 spiro atoms. The second-order valence-electron chi connectivity index (χ2n) is 7.16. The highest BCUT2D eigenvalue weighted by Gasteiger charge is 2.42. The average Bonchev–Trinajstić information content (AvgIpc) is 2.69. The molecule has 1 aliphatic heterocycles. The molecule has 30 heavy (non-hydrogen) atoms. The summed E-state index contributed by atoms with van der Waals surface area (Å²) >= 11 is 18.6. The monoisotopic (exact) mass is 464 g/mol. The summed E-state index contributed by atoms with van der Waals surface area (Å²) in [4.78, 5) is 38.5. The van der Waals surface area contributed by atoms with Crippen molar-refractivity contribution < 1.29 is 14.5 Å². The fourth-order valence-corrected chi connectivity index (χ4v) is 4.76. The lowest BCUT2D eigenvalue weighted by molar-refractivity contribution is -0.384. The van der Waals surface area contributed by atoms with Crippen LogP contribution in [0.25, 0.3) is 0 Å². The lowest BCUT2D eigenvalue weighted by atomic mass is 9.77. The van der Waals surface area contributed by atoms with Gasteiger partial charge in [0.05, 0.1) is 15.0 Å². The van der Waals surface area contributed by atoms with Crippen LogP contribution < -0.4 is 4.90 Å². The fourth-order valence-electron chi connectivity index (χ4n) is 4.16. The molecule has 2 aliphatic rings. The van der Waals surface area contributed by atoms with E-state index in [1.807, 2.05) is 0 Å². The molecule has 0 saturated carbocycles. The van der Waals surface area contributed by atoms with Gasteiger partial charge in [0.25, 0.3) is 5.69 Å². The number of allylic oxidation sites excluding steroid dienone is 2. The van der Waals surface area contributed by atoms with Gasteiger partial charge in [-0.2, -0.15) is 0 Å². The molecule has 9 heteroatoms. The molecule has 154 valence electrons. The Balaban J connectivity index is 1.94. The van der Waals surface area contributed by atoms with E-state index in [1.165, 1.54) is 23.1 Å². The van der Waals surface area contributed by atoms with Gasteiger partial charge in [-0.15, -0.1) is 0 Å². The minimum Gasteiger partial charge on any atom is -0.294 e. The third-order valence-corrected chi connectivity index (χ3v) is 6.48. The van der Waals surface area contributed by atoms with Crippen LogP contribution >= 0.6 is 34.8 Å². The predicted octanol–water partition coefficient (Wildman–Crippen LogP) is 6.08. The molecule has 0 bridgehead atoms. The molecule has 1 aliphatic carbocycles. The van der Waals surface area contributed by atoms with Crippen molar-refractivity contribution in [1.82, 2.24) is 0 Å². The summed E-state index contributed by atoms with van der Waals surface area (Å²) in [5, 5.41) is 12.5. The van der Waals surface area contributed by atoms with Crippen LogP contribution in [0.1, 0.15) is 37.2 Å². The van der Waals surface area contributed by atoms with E-state index in [0.717, 1.165) is 0 Å². The molecule has 6 nitrogen and oxygen atoms in total. The minimum atomic E-state index is -0.566. The molecule has 2 aromatic carbocycles. The van der Waals surface area contributed by atoms with Crippen molar-refractivity contribution in [2.75, 3.05) is 4.90 Å². The number of carbonyl (C=O) groups is 2. The Bertz CT molecular complexity index is 1130. The first-order valence-electron chi connectivity index (χ1n) is 9.26. The van der Waals surface area contributed by atoms with Crippen molar-refractivity contribution in [3.05, 3.63) is 78.4 Å². The molecule has 0 saturated heterocycles. The topological polar surface area (TPSA) is 80.5 Å². The van der Waals surface area contributed by atoms with Gasteiger partial charge in [-0.25, -0.2) is 0 Å². The van der Waals surface area contributed by atoms with E-state index in [4.69, 9.17) is 34.8 Å². The third-order valence-electron chi connectivity index (χ3n) is 5.41. The van der Waals surface area contributed by atoms with Gasteiger partial charge in [0.1, 0.15) is 5.69 Å². The van der Waals surface area contributed by atoms with Gasteiger partial charge >= 0.3 is 0 Å². The summed E-state index contributed by atoms with van der Waals surface area (Å²) in [6, 6.07) is 9.14. The molecule has 1 unspecified atom stereocenters. The Kier molecular flexibility index (Phi) is 5.57. The van der Waals surface area contributed by atoms with Crippen molar-refractivity contribution in [2.45, 2.75) is 31.6 Å². The van der Waals surface area contributed by atoms with Crippen molar-refractivity contribution in [3.8, 4) is 0 Å². The molecule has 1 heterocycles. The normalized spacial score (nSPS) is 19.2. The second kappa shape index (κ2) is 8.02. The number of carbonyl (C=O) groups excluding carboxylic acids is 2. The van der Waals surface area contributed by atoms with Crippen molar-refractivity contribution in [3.63, 3.8) is 0 Å². The van der Waals surface area contributed by atoms with Gasteiger partial charge in [0.2, 0.25) is 5.91 Å². The number of nitrogens with zero attached hydrogens (tertiary/aromatic N) is 2. The van der Waals surface area contributed by atoms with Crippen LogP contribution in [0.5, 0.6) is 0 Å². The Morgan fingerprint density at radius 1 is 1.07 bits per heavy atom. The van der Waals surface area contributed by atoms with Crippen LogP contribution in [0.3, 0.4) is 0 Å². The standard InChI is InChI=1S/C21H15Cl3N2O4/c22-11-7-8-15(26(29)30)17(9-11)25-16-5-2-6-18(27)20(16)13(10-19(25)28)12-3-1-4-14(23)21(12)24/h1,3-4,7-9,13H,2,5-6,10H2. The first-order chi connectivity index (χ1) is 14.3. The summed E-state index contributed by atoms with van der Waals surface area (Å²) in [6.07, 6.45) is 1.26. The zero-order valence-electron chi connectivity index (χ0n) is 15.5. The highest BCUT2D eigenvalue weighted by atomic mass is 35.5. The molecular formula is C21H15Cl3N2O4. The number of rotatable bonds is 3. The van der Waals surface area contributed by atoms with Crippen molar-refractivity contribution in [1.29, 1.82) is 0 Å². The summed E-state index contributed by atoms with van der Waals surface area (Å²) < 4.78 is 0. The van der Waals surface area contributed by atoms with Crippen molar-refractivity contribution >= 4 is 57.9 Å². The molecule has 2 aromatic rings. The highest BCUT2D eigenvalue weighted by molar-refractivity contribution is 6.42. The number of amides is 1. The maximum Gasteiger partial charge on any atom is 0.293 e. The first kappa shape index (κ1) is 20.8. The third kappa shape index (κ3) is 3.49. The molecule has 0 N–H and O–H groups in total. The molecule has 4 rings (SSSR count). The molecule has 1 atom stereocenters. The van der Waals surface area contributed by atoms with E-state index >= 15 is 0 Å². The summed E-state index contributed by atoms with van der Waals surface area (Å²) in [6.45, 7) is 0. The van der Waals surface area contributed by atoms with E-state index in [-0.39, 0.29) is 34.5 Å². The Labute approximate surface area is 187 Å². The molecule has 0 aromatic heterocycles. The number of ketones is 1. The summed E-state index contributed by atoms with van der Waals surface area (Å²) in [5.41, 5.74) is 1.33. The molecule has 0 fully saturated rings. The van der Waals surface area contributed by atoms with Gasteiger partial charge < -0.3 is 0 Å². The maximum atomic E-state index is 13.3. The van der Waals surface area contributed by atoms with E-state index in [9.17, 15) is 19.7 Å². The van der Waals surface area contributed by atoms with Gasteiger partial charge in [0.15, 0.2) is 5.78 Å². The molecule has 0 radical (unpaired) electrons. The van der Waals surface area contributed by atoms with E-state index < -0.39 is 10.8 Å². The Hall–Kier alpha value is -2.41. The smallest absolute Gasteiger partial charge is 0.293 e. The number of nitro benzene ring substituents is 1. The number of Topliss-reactive ketones (excluding diaryl/α,β-unsaturated/α-hetero) is 1. The molecular weight excluding hydrogens is 451 g/mol. The number of hydrogen-bond acceptors (Lipinski definition) is 4. The minimum absolute atomic E-state index is 0.0612. The summed E-state index contributed by atoms with van der Waals surface area (Å²) in [5.74, 6) is -1.02. The van der Waals surface area contributed by atoms with Crippen LogP contribution in [-0.2, 0) is 9.59 Å². The maximum absolute atomic E-state index is 13.3. The Morgan fingerprint density at radius 3 is 2.57 bits per heavy atom. The second-order valence-corrected chi connectivity index (χ2v) is 8.38. The number of benzene rings is 2. The van der Waals surface area contributed by atoms with Gasteiger partial charge in [0, 0.05) is 41.1 Å². The zero-order valence-corrected chi connectivity index (χ0v) is 17.8. The van der Waals surface area contributed by atoms with Crippen molar-refractivity contribution in [2.24, 2.45) is 0 Å². The van der Waals surface area contributed by atoms with E-state index in [2.05, 4.69) is 0 Å². The van der Waals surface area contributed by atoms with Gasteiger partial charge in [-0.05, 0) is 36.6 Å². The summed E-state index contributed by atoms with van der Waals surface area (Å²) in [7, 11) is 0. The number of anilines is 1. The quantitative estimate of drug-likeness (QED) is 0.406. The number of halogens is 3. The number of hydrogen-bond donors (Lipinski definition) is 0. The first-order valence-corrected chi connectivity index (χ1v) is 10.4. The SMILES string of the molecule is O=C1CCCC2=C1C(c1cccc(Cl)c1Cl)CC(=O)N2c1cc(Cl)ccc1[N+](=O)[O-]. The van der Waals surface area contributed by atoms with Crippen LogP contribution in [0, 0.1) is 10.1 Å². The number of nitro groups is 1.